The summed E-state index contributed by atoms with van der Waals surface area (Å²) >= 11 is 0. The molecule has 16 heavy (non-hydrogen) atoms. The van der Waals surface area contributed by atoms with Gasteiger partial charge in [0.2, 0.25) is 5.91 Å². The van der Waals surface area contributed by atoms with E-state index in [-0.39, 0.29) is 11.8 Å². The fourth-order valence-electron chi connectivity index (χ4n) is 1.92. The Hall–Kier alpha value is -1.10. The molecule has 1 heterocycles. The molecule has 1 saturated heterocycles. The first kappa shape index (κ1) is 13.0. The maximum atomic E-state index is 11.8. The van der Waals surface area contributed by atoms with Crippen LogP contribution in [-0.2, 0) is 9.53 Å². The van der Waals surface area contributed by atoms with Gasteiger partial charge in [-0.1, -0.05) is 12.1 Å². The summed E-state index contributed by atoms with van der Waals surface area (Å²) in [5.41, 5.74) is 0.793. The van der Waals surface area contributed by atoms with Crippen LogP contribution in [0.2, 0.25) is 0 Å². The highest BCUT2D eigenvalue weighted by atomic mass is 16.5. The van der Waals surface area contributed by atoms with Gasteiger partial charge in [-0.25, -0.2) is 0 Å². The molecule has 0 aromatic carbocycles. The minimum absolute atomic E-state index is 0.158. The van der Waals surface area contributed by atoms with Crippen molar-refractivity contribution in [2.24, 2.45) is 11.1 Å². The number of carbonyl (C=O) groups is 1. The third-order valence-corrected chi connectivity index (χ3v) is 2.92. The van der Waals surface area contributed by atoms with Crippen LogP contribution in [0, 0.1) is 5.92 Å². The number of methoxy groups -OCH3 is 1. The molecular formula is C11H20N2O3. The van der Waals surface area contributed by atoms with Crippen LogP contribution in [0.4, 0.5) is 0 Å². The quantitative estimate of drug-likeness (QED) is 0.445. The van der Waals surface area contributed by atoms with E-state index >= 15 is 0 Å². The molecule has 1 aliphatic rings. The monoisotopic (exact) mass is 228 g/mol. The highest BCUT2D eigenvalue weighted by Crippen LogP contribution is 2.15. The smallest absolute Gasteiger partial charge is 0.222 e. The van der Waals surface area contributed by atoms with Crippen molar-refractivity contribution in [3.8, 4) is 0 Å². The van der Waals surface area contributed by atoms with E-state index in [1.54, 1.807) is 7.11 Å². The van der Waals surface area contributed by atoms with Gasteiger partial charge in [0.25, 0.3) is 0 Å². The van der Waals surface area contributed by atoms with Crippen molar-refractivity contribution in [3.63, 3.8) is 0 Å². The second-order valence-electron chi connectivity index (χ2n) is 4.18. The average molecular weight is 228 g/mol. The maximum Gasteiger partial charge on any atom is 0.222 e. The molecular weight excluding hydrogens is 208 g/mol. The SMILES string of the molecule is COCCCC(=O)N1CCC(=NO)C(C)C1. The first-order valence-electron chi connectivity index (χ1n) is 5.66. The molecule has 1 rings (SSSR count). The Balaban J connectivity index is 2.36. The summed E-state index contributed by atoms with van der Waals surface area (Å²) in [5.74, 6) is 0.325. The van der Waals surface area contributed by atoms with Gasteiger partial charge < -0.3 is 14.8 Å². The molecule has 0 radical (unpaired) electrons. The summed E-state index contributed by atoms with van der Waals surface area (Å²) in [6.07, 6.45) is 1.97. The van der Waals surface area contributed by atoms with Gasteiger partial charge in [-0.2, -0.15) is 0 Å². The van der Waals surface area contributed by atoms with Crippen LogP contribution in [0.25, 0.3) is 0 Å². The Bertz CT molecular complexity index is 266. The molecule has 0 saturated carbocycles. The van der Waals surface area contributed by atoms with Crippen molar-refractivity contribution in [3.05, 3.63) is 0 Å². The molecule has 1 fully saturated rings. The Labute approximate surface area is 96.1 Å². The topological polar surface area (TPSA) is 62.1 Å². The molecule has 0 aromatic heterocycles. The van der Waals surface area contributed by atoms with Gasteiger partial charge in [0.1, 0.15) is 0 Å². The highest BCUT2D eigenvalue weighted by molar-refractivity contribution is 5.89. The van der Waals surface area contributed by atoms with Crippen LogP contribution in [0.5, 0.6) is 0 Å². The molecule has 0 aromatic rings. The number of oxime groups is 1. The van der Waals surface area contributed by atoms with Crippen LogP contribution in [0.1, 0.15) is 26.2 Å². The molecule has 0 spiro atoms. The Morgan fingerprint density at radius 2 is 2.44 bits per heavy atom. The van der Waals surface area contributed by atoms with Crippen molar-refractivity contribution in [1.82, 2.24) is 4.90 Å². The van der Waals surface area contributed by atoms with Crippen LogP contribution in [0.15, 0.2) is 5.16 Å². The zero-order valence-corrected chi connectivity index (χ0v) is 9.98. The van der Waals surface area contributed by atoms with E-state index in [4.69, 9.17) is 9.94 Å². The van der Waals surface area contributed by atoms with Gasteiger partial charge in [0.05, 0.1) is 5.71 Å². The molecule has 1 aliphatic heterocycles. The number of carbonyl (C=O) groups excluding carboxylic acids is 1. The molecule has 0 aliphatic carbocycles. The average Bonchev–Trinajstić information content (AvgIpc) is 2.29. The van der Waals surface area contributed by atoms with Crippen molar-refractivity contribution in [1.29, 1.82) is 0 Å². The molecule has 1 atom stereocenters. The zero-order valence-electron chi connectivity index (χ0n) is 9.98. The highest BCUT2D eigenvalue weighted by Gasteiger charge is 2.25. The maximum absolute atomic E-state index is 11.8. The lowest BCUT2D eigenvalue weighted by molar-refractivity contribution is -0.132. The predicted molar refractivity (Wildman–Crippen MR) is 60.7 cm³/mol. The Morgan fingerprint density at radius 3 is 3.00 bits per heavy atom. The van der Waals surface area contributed by atoms with Gasteiger partial charge in [-0.05, 0) is 6.42 Å². The van der Waals surface area contributed by atoms with Gasteiger partial charge in [0.15, 0.2) is 0 Å². The first-order valence-corrected chi connectivity index (χ1v) is 5.66. The fraction of sp³-hybridized carbons (Fsp3) is 0.818. The lowest BCUT2D eigenvalue weighted by Crippen LogP contribution is -2.43. The Morgan fingerprint density at radius 1 is 1.69 bits per heavy atom. The summed E-state index contributed by atoms with van der Waals surface area (Å²) in [4.78, 5) is 13.6. The van der Waals surface area contributed by atoms with Crippen LogP contribution < -0.4 is 0 Å². The van der Waals surface area contributed by atoms with E-state index in [9.17, 15) is 4.79 Å². The minimum atomic E-state index is 0.158. The molecule has 1 N–H and O–H groups in total. The first-order chi connectivity index (χ1) is 7.69. The lowest BCUT2D eigenvalue weighted by Gasteiger charge is -2.31. The van der Waals surface area contributed by atoms with Gasteiger partial charge in [-0.3, -0.25) is 4.79 Å². The van der Waals surface area contributed by atoms with E-state index in [1.165, 1.54) is 0 Å². The largest absolute Gasteiger partial charge is 0.411 e. The summed E-state index contributed by atoms with van der Waals surface area (Å²) in [6, 6.07) is 0. The van der Waals surface area contributed by atoms with Crippen LogP contribution in [0.3, 0.4) is 0 Å². The molecule has 1 amide bonds. The minimum Gasteiger partial charge on any atom is -0.411 e. The zero-order chi connectivity index (χ0) is 12.0. The number of ether oxygens (including phenoxy) is 1. The van der Waals surface area contributed by atoms with Crippen LogP contribution >= 0.6 is 0 Å². The number of hydrogen-bond donors (Lipinski definition) is 1. The molecule has 1 unspecified atom stereocenters. The van der Waals surface area contributed by atoms with E-state index in [0.717, 1.165) is 12.1 Å². The van der Waals surface area contributed by atoms with Crippen molar-refractivity contribution in [2.45, 2.75) is 26.2 Å². The van der Waals surface area contributed by atoms with E-state index in [0.29, 0.717) is 32.5 Å². The number of hydrogen-bond acceptors (Lipinski definition) is 4. The van der Waals surface area contributed by atoms with E-state index in [1.807, 2.05) is 11.8 Å². The lowest BCUT2D eigenvalue weighted by atomic mass is 9.97. The summed E-state index contributed by atoms with van der Waals surface area (Å²) in [5, 5.41) is 12.0. The number of nitrogens with zero attached hydrogens (tertiary/aromatic N) is 2. The molecule has 5 nitrogen and oxygen atoms in total. The van der Waals surface area contributed by atoms with Crippen LogP contribution in [-0.4, -0.2) is 48.5 Å². The second-order valence-corrected chi connectivity index (χ2v) is 4.18. The predicted octanol–water partition coefficient (Wildman–Crippen LogP) is 1.11. The normalized spacial score (nSPS) is 23.8. The second kappa shape index (κ2) is 6.48. The molecule has 5 heteroatoms. The number of amides is 1. The fourth-order valence-corrected chi connectivity index (χ4v) is 1.92. The number of rotatable bonds is 4. The van der Waals surface area contributed by atoms with Gasteiger partial charge in [0, 0.05) is 45.6 Å². The standard InChI is InChI=1S/C11H20N2O3/c1-9-8-13(6-5-10(9)12-15)11(14)4-3-7-16-2/h9,15H,3-8H2,1-2H3. The van der Waals surface area contributed by atoms with Crippen molar-refractivity contribution >= 4 is 11.6 Å². The molecule has 0 bridgehead atoms. The van der Waals surface area contributed by atoms with E-state index < -0.39 is 0 Å². The van der Waals surface area contributed by atoms with E-state index in [2.05, 4.69) is 5.16 Å². The third-order valence-electron chi connectivity index (χ3n) is 2.92. The van der Waals surface area contributed by atoms with Crippen molar-refractivity contribution in [2.75, 3.05) is 26.8 Å². The van der Waals surface area contributed by atoms with Gasteiger partial charge >= 0.3 is 0 Å². The number of piperidine rings is 1. The van der Waals surface area contributed by atoms with Crippen molar-refractivity contribution < 1.29 is 14.7 Å². The summed E-state index contributed by atoms with van der Waals surface area (Å²) in [6.45, 7) is 3.92. The Kier molecular flexibility index (Phi) is 5.25. The summed E-state index contributed by atoms with van der Waals surface area (Å²) in [7, 11) is 1.64. The summed E-state index contributed by atoms with van der Waals surface area (Å²) < 4.78 is 4.91. The molecule has 92 valence electrons. The number of likely N-dealkylation sites (tertiary alicyclic amines) is 1. The van der Waals surface area contributed by atoms with Gasteiger partial charge in [-0.15, -0.1) is 0 Å². The third kappa shape index (κ3) is 3.48.